The maximum absolute atomic E-state index is 12.8. The number of nitrogens with one attached hydrogen (secondary N) is 1. The summed E-state index contributed by atoms with van der Waals surface area (Å²) in [4.78, 5) is 29.4. The molecule has 1 amide bonds. The zero-order chi connectivity index (χ0) is 22.5. The average Bonchev–Trinajstić information content (AvgIpc) is 3.24. The molecule has 0 aliphatic heterocycles. The molecule has 160 valence electrons. The number of benzene rings is 2. The first-order valence-electron chi connectivity index (χ1n) is 10.4. The van der Waals surface area contributed by atoms with Crippen molar-refractivity contribution in [2.24, 2.45) is 0 Å². The van der Waals surface area contributed by atoms with E-state index in [1.165, 1.54) is 0 Å². The normalized spacial score (nSPS) is 10.7. The van der Waals surface area contributed by atoms with Crippen LogP contribution in [0.1, 0.15) is 32.7 Å². The first-order chi connectivity index (χ1) is 15.5. The molecule has 4 rings (SSSR count). The quantitative estimate of drug-likeness (QED) is 0.444. The summed E-state index contributed by atoms with van der Waals surface area (Å²) in [6.07, 6.45) is 5.73. The lowest BCUT2D eigenvalue weighted by atomic mass is 10.0. The van der Waals surface area contributed by atoms with Crippen LogP contribution in [-0.2, 0) is 17.6 Å². The number of rotatable bonds is 7. The molecule has 4 aromatic rings. The second kappa shape index (κ2) is 9.39. The monoisotopic (exact) mass is 424 g/mol. The number of pyridine rings is 1. The van der Waals surface area contributed by atoms with E-state index in [1.807, 2.05) is 74.6 Å². The Morgan fingerprint density at radius 3 is 2.59 bits per heavy atom. The van der Waals surface area contributed by atoms with Crippen LogP contribution in [0.25, 0.3) is 5.69 Å². The van der Waals surface area contributed by atoms with Crippen LogP contribution in [0.15, 0.2) is 79.3 Å². The molecule has 2 heterocycles. The van der Waals surface area contributed by atoms with Gasteiger partial charge in [-0.3, -0.25) is 14.6 Å². The van der Waals surface area contributed by atoms with Gasteiger partial charge in [-0.25, -0.2) is 4.68 Å². The van der Waals surface area contributed by atoms with E-state index < -0.39 is 0 Å². The van der Waals surface area contributed by atoms with Crippen molar-refractivity contribution in [3.05, 3.63) is 107 Å². The van der Waals surface area contributed by atoms with E-state index in [0.29, 0.717) is 12.0 Å². The largest absolute Gasteiger partial charge is 0.326 e. The van der Waals surface area contributed by atoms with Gasteiger partial charge in [0.05, 0.1) is 18.3 Å². The van der Waals surface area contributed by atoms with Crippen molar-refractivity contribution < 1.29 is 9.59 Å². The minimum Gasteiger partial charge on any atom is -0.326 e. The second-order valence-electron chi connectivity index (χ2n) is 7.79. The smallest absolute Gasteiger partial charge is 0.228 e. The van der Waals surface area contributed by atoms with Crippen LogP contribution in [0.2, 0.25) is 0 Å². The van der Waals surface area contributed by atoms with Gasteiger partial charge in [-0.1, -0.05) is 30.3 Å². The second-order valence-corrected chi connectivity index (χ2v) is 7.79. The summed E-state index contributed by atoms with van der Waals surface area (Å²) < 4.78 is 1.68. The van der Waals surface area contributed by atoms with Gasteiger partial charge in [0.1, 0.15) is 0 Å². The fourth-order valence-electron chi connectivity index (χ4n) is 3.51. The number of carbonyl (C=O) groups is 2. The van der Waals surface area contributed by atoms with E-state index >= 15 is 0 Å². The molecule has 1 N–H and O–H groups in total. The van der Waals surface area contributed by atoms with Gasteiger partial charge in [0, 0.05) is 35.8 Å². The van der Waals surface area contributed by atoms with Crippen LogP contribution >= 0.6 is 0 Å². The molecule has 0 saturated heterocycles. The zero-order valence-electron chi connectivity index (χ0n) is 18.1. The van der Waals surface area contributed by atoms with E-state index in [-0.39, 0.29) is 18.1 Å². The highest BCUT2D eigenvalue weighted by Crippen LogP contribution is 2.16. The molecule has 6 heteroatoms. The van der Waals surface area contributed by atoms with Crippen LogP contribution in [0.5, 0.6) is 0 Å². The molecule has 0 saturated carbocycles. The minimum absolute atomic E-state index is 0.0300. The molecule has 2 aromatic heterocycles. The lowest BCUT2D eigenvalue weighted by molar-refractivity contribution is -0.115. The molecule has 0 unspecified atom stereocenters. The highest BCUT2D eigenvalue weighted by molar-refractivity contribution is 5.98. The highest BCUT2D eigenvalue weighted by atomic mass is 16.1. The SMILES string of the molecule is Cc1cc(CC(=O)c2cccc(-n3cc(CC(=O)Nc4ccccc4C)cn3)c2)ccn1. The number of anilines is 1. The molecule has 0 aliphatic carbocycles. The van der Waals surface area contributed by atoms with Crippen molar-refractivity contribution in [3.63, 3.8) is 0 Å². The third-order valence-electron chi connectivity index (χ3n) is 5.18. The molecule has 0 bridgehead atoms. The van der Waals surface area contributed by atoms with Crippen LogP contribution in [0, 0.1) is 13.8 Å². The predicted octanol–water partition coefficient (Wildman–Crippen LogP) is 4.49. The number of ketones is 1. The molecule has 32 heavy (non-hydrogen) atoms. The number of nitrogens with zero attached hydrogens (tertiary/aromatic N) is 3. The van der Waals surface area contributed by atoms with Crippen molar-refractivity contribution in [2.45, 2.75) is 26.7 Å². The Balaban J connectivity index is 1.44. The van der Waals surface area contributed by atoms with Crippen LogP contribution in [-0.4, -0.2) is 26.5 Å². The molecular weight excluding hydrogens is 400 g/mol. The number of hydrogen-bond donors (Lipinski definition) is 1. The molecule has 2 aromatic carbocycles. The van der Waals surface area contributed by atoms with Crippen molar-refractivity contribution in [1.82, 2.24) is 14.8 Å². The predicted molar refractivity (Wildman–Crippen MR) is 124 cm³/mol. The fraction of sp³-hybridized carbons (Fsp3) is 0.154. The topological polar surface area (TPSA) is 76.9 Å². The molecule has 0 aliphatic rings. The molecule has 0 atom stereocenters. The zero-order valence-corrected chi connectivity index (χ0v) is 18.1. The van der Waals surface area contributed by atoms with Gasteiger partial charge >= 0.3 is 0 Å². The molecule has 0 radical (unpaired) electrons. The highest BCUT2D eigenvalue weighted by Gasteiger charge is 2.11. The standard InChI is InChI=1S/C26H24N4O2/c1-18-6-3-4-9-24(18)29-26(32)14-21-16-28-30(17-21)23-8-5-7-22(15-23)25(31)13-20-10-11-27-19(2)12-20/h3-12,15-17H,13-14H2,1-2H3,(H,29,32). The van der Waals surface area contributed by atoms with Gasteiger partial charge in [-0.05, 0) is 60.9 Å². The van der Waals surface area contributed by atoms with Gasteiger partial charge < -0.3 is 5.32 Å². The van der Waals surface area contributed by atoms with Crippen LogP contribution in [0.4, 0.5) is 5.69 Å². The van der Waals surface area contributed by atoms with Gasteiger partial charge in [0.15, 0.2) is 5.78 Å². The lowest BCUT2D eigenvalue weighted by Crippen LogP contribution is -2.14. The van der Waals surface area contributed by atoms with Crippen LogP contribution in [0.3, 0.4) is 0 Å². The van der Waals surface area contributed by atoms with Crippen molar-refractivity contribution in [1.29, 1.82) is 0 Å². The molecule has 0 fully saturated rings. The van der Waals surface area contributed by atoms with E-state index in [2.05, 4.69) is 15.4 Å². The van der Waals surface area contributed by atoms with E-state index in [4.69, 9.17) is 0 Å². The number of Topliss-reactive ketones (excluding diaryl/α,β-unsaturated/α-hetero) is 1. The Kier molecular flexibility index (Phi) is 6.22. The lowest BCUT2D eigenvalue weighted by Gasteiger charge is -2.07. The fourth-order valence-corrected chi connectivity index (χ4v) is 3.51. The number of aryl methyl sites for hydroxylation is 2. The average molecular weight is 425 g/mol. The summed E-state index contributed by atoms with van der Waals surface area (Å²) in [7, 11) is 0. The molecular formula is C26H24N4O2. The maximum Gasteiger partial charge on any atom is 0.228 e. The van der Waals surface area contributed by atoms with E-state index in [9.17, 15) is 9.59 Å². The summed E-state index contributed by atoms with van der Waals surface area (Å²) in [5, 5.41) is 7.31. The third kappa shape index (κ3) is 5.16. The van der Waals surface area contributed by atoms with Gasteiger partial charge in [0.2, 0.25) is 5.91 Å². The van der Waals surface area contributed by atoms with Gasteiger partial charge in [-0.15, -0.1) is 0 Å². The third-order valence-corrected chi connectivity index (χ3v) is 5.18. The Morgan fingerprint density at radius 2 is 1.78 bits per heavy atom. The number of aromatic nitrogens is 3. The van der Waals surface area contributed by atoms with Crippen molar-refractivity contribution >= 4 is 17.4 Å². The Hall–Kier alpha value is -4.06. The summed E-state index contributed by atoms with van der Waals surface area (Å²) in [5.41, 5.74) is 5.83. The summed E-state index contributed by atoms with van der Waals surface area (Å²) >= 11 is 0. The summed E-state index contributed by atoms with van der Waals surface area (Å²) in [6, 6.07) is 18.8. The summed E-state index contributed by atoms with van der Waals surface area (Å²) in [6.45, 7) is 3.86. The Labute approximate surface area is 186 Å². The number of hydrogen-bond acceptors (Lipinski definition) is 4. The maximum atomic E-state index is 12.8. The van der Waals surface area contributed by atoms with E-state index in [0.717, 1.165) is 33.8 Å². The van der Waals surface area contributed by atoms with Crippen molar-refractivity contribution in [2.75, 3.05) is 5.32 Å². The minimum atomic E-state index is -0.101. The summed E-state index contributed by atoms with van der Waals surface area (Å²) in [5.74, 6) is -0.0714. The van der Waals surface area contributed by atoms with Gasteiger partial charge in [-0.2, -0.15) is 5.10 Å². The molecule has 6 nitrogen and oxygen atoms in total. The van der Waals surface area contributed by atoms with Gasteiger partial charge in [0.25, 0.3) is 0 Å². The Bertz CT molecular complexity index is 1280. The van der Waals surface area contributed by atoms with Crippen molar-refractivity contribution in [3.8, 4) is 5.69 Å². The number of amides is 1. The van der Waals surface area contributed by atoms with Crippen LogP contribution < -0.4 is 5.32 Å². The number of para-hydroxylation sites is 1. The van der Waals surface area contributed by atoms with E-state index in [1.54, 1.807) is 23.1 Å². The Morgan fingerprint density at radius 1 is 0.938 bits per heavy atom. The number of carbonyl (C=O) groups excluding carboxylic acids is 2. The molecule has 0 spiro atoms. The first-order valence-corrected chi connectivity index (χ1v) is 10.4. The first kappa shape index (κ1) is 21.2.